The second-order valence-electron chi connectivity index (χ2n) is 4.80. The minimum absolute atomic E-state index is 0.0117. The summed E-state index contributed by atoms with van der Waals surface area (Å²) in [5.41, 5.74) is 10.2. The fraction of sp³-hybridized carbons (Fsp3) is 0.250. The molecule has 0 aliphatic carbocycles. The average molecular weight is 258 g/mol. The minimum Gasteiger partial charge on any atom is -0.377 e. The van der Waals surface area contributed by atoms with Gasteiger partial charge in [-0.1, -0.05) is 29.8 Å². The minimum atomic E-state index is -0.249. The van der Waals surface area contributed by atoms with Gasteiger partial charge >= 0.3 is 0 Å². The third kappa shape index (κ3) is 3.32. The first-order valence-corrected chi connectivity index (χ1v) is 6.39. The van der Waals surface area contributed by atoms with Crippen molar-refractivity contribution in [2.45, 2.75) is 19.9 Å². The number of benzene rings is 2. The number of anilines is 1. The molecular weight excluding hydrogens is 239 g/mol. The van der Waals surface area contributed by atoms with Crippen LogP contribution in [-0.4, -0.2) is 6.54 Å². The molecule has 3 N–H and O–H groups in total. The summed E-state index contributed by atoms with van der Waals surface area (Å²) in [6.45, 7) is 4.59. The van der Waals surface area contributed by atoms with Gasteiger partial charge in [-0.15, -0.1) is 0 Å². The molecule has 1 atom stereocenters. The van der Waals surface area contributed by atoms with E-state index in [-0.39, 0.29) is 11.9 Å². The number of aryl methyl sites for hydroxylation is 2. The van der Waals surface area contributed by atoms with Gasteiger partial charge in [-0.25, -0.2) is 4.39 Å². The first-order chi connectivity index (χ1) is 9.10. The van der Waals surface area contributed by atoms with E-state index in [1.807, 2.05) is 6.07 Å². The van der Waals surface area contributed by atoms with Crippen molar-refractivity contribution in [2.24, 2.45) is 5.73 Å². The van der Waals surface area contributed by atoms with Crippen molar-refractivity contribution in [1.29, 1.82) is 0 Å². The van der Waals surface area contributed by atoms with E-state index in [0.717, 1.165) is 11.3 Å². The molecular formula is C16H19FN2. The highest BCUT2D eigenvalue weighted by Crippen LogP contribution is 2.23. The normalized spacial score (nSPS) is 12.2. The van der Waals surface area contributed by atoms with E-state index in [1.54, 1.807) is 6.07 Å². The zero-order valence-electron chi connectivity index (χ0n) is 11.3. The number of nitrogens with one attached hydrogen (secondary N) is 1. The van der Waals surface area contributed by atoms with Gasteiger partial charge in [0, 0.05) is 12.2 Å². The first-order valence-electron chi connectivity index (χ1n) is 6.39. The van der Waals surface area contributed by atoms with Crippen LogP contribution in [0, 0.1) is 19.7 Å². The summed E-state index contributed by atoms with van der Waals surface area (Å²) < 4.78 is 13.2. The SMILES string of the molecule is Cc1ccc(C(CN)Nc2cccc(F)c2)c(C)c1. The molecule has 0 bridgehead atoms. The number of nitrogens with two attached hydrogens (primary N) is 1. The summed E-state index contributed by atoms with van der Waals surface area (Å²) >= 11 is 0. The van der Waals surface area contributed by atoms with Crippen LogP contribution in [-0.2, 0) is 0 Å². The third-order valence-electron chi connectivity index (χ3n) is 3.20. The zero-order chi connectivity index (χ0) is 13.8. The molecule has 2 nitrogen and oxygen atoms in total. The molecule has 0 saturated carbocycles. The Balaban J connectivity index is 2.25. The lowest BCUT2D eigenvalue weighted by molar-refractivity contribution is 0.627. The lowest BCUT2D eigenvalue weighted by Crippen LogP contribution is -2.21. The van der Waals surface area contributed by atoms with E-state index in [2.05, 4.69) is 37.4 Å². The Morgan fingerprint density at radius 3 is 2.58 bits per heavy atom. The van der Waals surface area contributed by atoms with Gasteiger partial charge in [0.05, 0.1) is 6.04 Å². The Kier molecular flexibility index (Phi) is 4.17. The summed E-state index contributed by atoms with van der Waals surface area (Å²) in [5.74, 6) is -0.249. The van der Waals surface area contributed by atoms with Crippen LogP contribution in [0.2, 0.25) is 0 Å². The summed E-state index contributed by atoms with van der Waals surface area (Å²) in [5, 5.41) is 3.28. The van der Waals surface area contributed by atoms with Crippen LogP contribution in [0.15, 0.2) is 42.5 Å². The molecule has 0 fully saturated rings. The molecule has 19 heavy (non-hydrogen) atoms. The predicted molar refractivity (Wildman–Crippen MR) is 77.7 cm³/mol. The number of hydrogen-bond donors (Lipinski definition) is 2. The van der Waals surface area contributed by atoms with Crippen LogP contribution in [0.5, 0.6) is 0 Å². The largest absolute Gasteiger partial charge is 0.377 e. The van der Waals surface area contributed by atoms with E-state index in [1.165, 1.54) is 23.3 Å². The quantitative estimate of drug-likeness (QED) is 0.880. The molecule has 0 heterocycles. The molecule has 0 aliphatic heterocycles. The monoisotopic (exact) mass is 258 g/mol. The molecule has 1 unspecified atom stereocenters. The Labute approximate surface area is 113 Å². The molecule has 0 amide bonds. The molecule has 0 aromatic heterocycles. The number of halogens is 1. The van der Waals surface area contributed by atoms with Crippen LogP contribution in [0.1, 0.15) is 22.7 Å². The Morgan fingerprint density at radius 1 is 1.16 bits per heavy atom. The Hall–Kier alpha value is -1.87. The maximum atomic E-state index is 13.2. The maximum absolute atomic E-state index is 13.2. The van der Waals surface area contributed by atoms with Crippen molar-refractivity contribution in [3.05, 3.63) is 65.0 Å². The molecule has 2 aromatic rings. The smallest absolute Gasteiger partial charge is 0.125 e. The molecule has 3 heteroatoms. The molecule has 100 valence electrons. The lowest BCUT2D eigenvalue weighted by Gasteiger charge is -2.21. The van der Waals surface area contributed by atoms with E-state index >= 15 is 0 Å². The van der Waals surface area contributed by atoms with Crippen molar-refractivity contribution in [3.63, 3.8) is 0 Å². The number of hydrogen-bond acceptors (Lipinski definition) is 2. The molecule has 0 aliphatic rings. The van der Waals surface area contributed by atoms with E-state index in [4.69, 9.17) is 5.73 Å². The second kappa shape index (κ2) is 5.85. The zero-order valence-corrected chi connectivity index (χ0v) is 11.3. The van der Waals surface area contributed by atoms with Crippen molar-refractivity contribution in [2.75, 3.05) is 11.9 Å². The van der Waals surface area contributed by atoms with Crippen LogP contribution in [0.3, 0.4) is 0 Å². The van der Waals surface area contributed by atoms with Gasteiger partial charge in [0.15, 0.2) is 0 Å². The van der Waals surface area contributed by atoms with Gasteiger partial charge in [0.25, 0.3) is 0 Å². The Bertz CT molecular complexity index is 566. The van der Waals surface area contributed by atoms with Crippen LogP contribution < -0.4 is 11.1 Å². The van der Waals surface area contributed by atoms with Crippen molar-refractivity contribution in [1.82, 2.24) is 0 Å². The second-order valence-corrected chi connectivity index (χ2v) is 4.80. The summed E-state index contributed by atoms with van der Waals surface area (Å²) in [7, 11) is 0. The molecule has 0 radical (unpaired) electrons. The molecule has 2 aromatic carbocycles. The number of rotatable bonds is 4. The Morgan fingerprint density at radius 2 is 1.95 bits per heavy atom. The van der Waals surface area contributed by atoms with Crippen molar-refractivity contribution >= 4 is 5.69 Å². The van der Waals surface area contributed by atoms with Crippen LogP contribution >= 0.6 is 0 Å². The van der Waals surface area contributed by atoms with Crippen LogP contribution in [0.25, 0.3) is 0 Å². The van der Waals surface area contributed by atoms with Gasteiger partial charge in [0.1, 0.15) is 5.82 Å². The van der Waals surface area contributed by atoms with Crippen LogP contribution in [0.4, 0.5) is 10.1 Å². The summed E-state index contributed by atoms with van der Waals surface area (Å²) in [6, 6.07) is 12.7. The highest BCUT2D eigenvalue weighted by Gasteiger charge is 2.12. The van der Waals surface area contributed by atoms with E-state index < -0.39 is 0 Å². The van der Waals surface area contributed by atoms with E-state index in [0.29, 0.717) is 6.54 Å². The maximum Gasteiger partial charge on any atom is 0.125 e. The van der Waals surface area contributed by atoms with Gasteiger partial charge in [-0.05, 0) is 43.2 Å². The average Bonchev–Trinajstić information content (AvgIpc) is 2.37. The summed E-state index contributed by atoms with van der Waals surface area (Å²) in [6.07, 6.45) is 0. The fourth-order valence-electron chi connectivity index (χ4n) is 2.26. The molecule has 2 rings (SSSR count). The highest BCUT2D eigenvalue weighted by molar-refractivity contribution is 5.47. The van der Waals surface area contributed by atoms with Gasteiger partial charge in [-0.3, -0.25) is 0 Å². The van der Waals surface area contributed by atoms with Gasteiger partial charge in [-0.2, -0.15) is 0 Å². The molecule has 0 saturated heterocycles. The first kappa shape index (κ1) is 13.6. The van der Waals surface area contributed by atoms with Crippen molar-refractivity contribution in [3.8, 4) is 0 Å². The highest BCUT2D eigenvalue weighted by atomic mass is 19.1. The lowest BCUT2D eigenvalue weighted by atomic mass is 9.99. The predicted octanol–water partition coefficient (Wildman–Crippen LogP) is 3.55. The topological polar surface area (TPSA) is 38.0 Å². The fourth-order valence-corrected chi connectivity index (χ4v) is 2.26. The van der Waals surface area contributed by atoms with Gasteiger partial charge in [0.2, 0.25) is 0 Å². The van der Waals surface area contributed by atoms with Crippen molar-refractivity contribution < 1.29 is 4.39 Å². The third-order valence-corrected chi connectivity index (χ3v) is 3.20. The van der Waals surface area contributed by atoms with E-state index in [9.17, 15) is 4.39 Å². The molecule has 0 spiro atoms. The standard InChI is InChI=1S/C16H19FN2/c1-11-6-7-15(12(2)8-11)16(10-18)19-14-5-3-4-13(17)9-14/h3-9,16,19H,10,18H2,1-2H3. The van der Waals surface area contributed by atoms with Gasteiger partial charge < -0.3 is 11.1 Å². The summed E-state index contributed by atoms with van der Waals surface area (Å²) in [4.78, 5) is 0.